The van der Waals surface area contributed by atoms with Gasteiger partial charge in [0.25, 0.3) is 5.91 Å². The van der Waals surface area contributed by atoms with Crippen LogP contribution in [0.2, 0.25) is 0 Å². The van der Waals surface area contributed by atoms with E-state index in [-0.39, 0.29) is 17.2 Å². The number of rotatable bonds is 6. The van der Waals surface area contributed by atoms with Gasteiger partial charge in [0.1, 0.15) is 17.4 Å². The minimum absolute atomic E-state index is 0.0725. The van der Waals surface area contributed by atoms with Crippen molar-refractivity contribution in [3.8, 4) is 11.3 Å². The molecule has 0 saturated heterocycles. The van der Waals surface area contributed by atoms with Crippen molar-refractivity contribution >= 4 is 23.3 Å². The molecule has 1 N–H and O–H groups in total. The molecule has 1 aromatic heterocycles. The molecule has 0 radical (unpaired) electrons. The molecule has 0 atom stereocenters. The monoisotopic (exact) mass is 399 g/mol. The van der Waals surface area contributed by atoms with Gasteiger partial charge in [-0.3, -0.25) is 9.59 Å². The highest BCUT2D eigenvalue weighted by Crippen LogP contribution is 2.23. The van der Waals surface area contributed by atoms with E-state index < -0.39 is 30.1 Å². The molecule has 0 aliphatic heterocycles. The fraction of sp³-hybridized carbons (Fsp3) is 0.0952. The highest BCUT2D eigenvalue weighted by atomic mass is 19.1. The Morgan fingerprint density at radius 2 is 1.72 bits per heavy atom. The molecule has 2 aromatic carbocycles. The van der Waals surface area contributed by atoms with Gasteiger partial charge in [0.15, 0.2) is 12.4 Å². The van der Waals surface area contributed by atoms with E-state index in [1.807, 2.05) is 0 Å². The van der Waals surface area contributed by atoms with Gasteiger partial charge in [-0.2, -0.15) is 0 Å². The maximum atomic E-state index is 13.5. The van der Waals surface area contributed by atoms with Gasteiger partial charge in [0.2, 0.25) is 5.76 Å². The molecule has 0 saturated carbocycles. The molecule has 3 rings (SSSR count). The maximum Gasteiger partial charge on any atom is 0.374 e. The molecule has 0 spiro atoms. The molecule has 1 amide bonds. The topological polar surface area (TPSA) is 85.6 Å². The Bertz CT molecular complexity index is 1070. The van der Waals surface area contributed by atoms with Crippen LogP contribution >= 0.6 is 0 Å². The lowest BCUT2D eigenvalue weighted by atomic mass is 10.1. The van der Waals surface area contributed by atoms with E-state index >= 15 is 0 Å². The molecule has 29 heavy (non-hydrogen) atoms. The smallest absolute Gasteiger partial charge is 0.374 e. The van der Waals surface area contributed by atoms with E-state index in [2.05, 4.69) is 5.32 Å². The van der Waals surface area contributed by atoms with Crippen LogP contribution in [0.15, 0.2) is 59.0 Å². The molecule has 0 aliphatic carbocycles. The molecular formula is C21H15F2NO5. The number of ether oxygens (including phenoxy) is 1. The normalized spacial score (nSPS) is 10.4. The van der Waals surface area contributed by atoms with Crippen molar-refractivity contribution in [3.63, 3.8) is 0 Å². The first-order valence-electron chi connectivity index (χ1n) is 8.47. The number of benzene rings is 2. The highest BCUT2D eigenvalue weighted by Gasteiger charge is 2.16. The average Bonchev–Trinajstić information content (AvgIpc) is 3.19. The minimum Gasteiger partial charge on any atom is -0.450 e. The summed E-state index contributed by atoms with van der Waals surface area (Å²) in [5, 5.41) is 2.11. The predicted molar refractivity (Wildman–Crippen MR) is 99.4 cm³/mol. The van der Waals surface area contributed by atoms with Crippen LogP contribution in [0.5, 0.6) is 0 Å². The van der Waals surface area contributed by atoms with Gasteiger partial charge in [-0.1, -0.05) is 24.3 Å². The number of Topliss-reactive ketones (excluding diaryl/α,β-unsaturated/α-hetero) is 1. The lowest BCUT2D eigenvalue weighted by Gasteiger charge is -2.07. The minimum atomic E-state index is -0.897. The van der Waals surface area contributed by atoms with E-state index in [0.29, 0.717) is 16.9 Å². The van der Waals surface area contributed by atoms with Gasteiger partial charge < -0.3 is 14.5 Å². The van der Waals surface area contributed by atoms with Gasteiger partial charge in [-0.25, -0.2) is 13.6 Å². The molecule has 3 aromatic rings. The number of ketones is 1. The molecule has 8 heteroatoms. The average molecular weight is 399 g/mol. The molecule has 1 heterocycles. The fourth-order valence-corrected chi connectivity index (χ4v) is 2.45. The first-order chi connectivity index (χ1) is 13.8. The lowest BCUT2D eigenvalue weighted by molar-refractivity contribution is -0.119. The summed E-state index contributed by atoms with van der Waals surface area (Å²) in [6.07, 6.45) is 0. The number of carbonyl (C=O) groups excluding carboxylic acids is 3. The van der Waals surface area contributed by atoms with Crippen LogP contribution in [0.3, 0.4) is 0 Å². The predicted octanol–water partition coefficient (Wildman–Crippen LogP) is 4.22. The largest absolute Gasteiger partial charge is 0.450 e. The quantitative estimate of drug-likeness (QED) is 0.495. The summed E-state index contributed by atoms with van der Waals surface area (Å²) in [4.78, 5) is 35.1. The third-order valence-electron chi connectivity index (χ3n) is 3.92. The molecule has 6 nitrogen and oxygen atoms in total. The zero-order valence-corrected chi connectivity index (χ0v) is 15.2. The van der Waals surface area contributed by atoms with E-state index in [1.165, 1.54) is 13.0 Å². The second kappa shape index (κ2) is 8.47. The van der Waals surface area contributed by atoms with Gasteiger partial charge in [-0.05, 0) is 31.2 Å². The number of anilines is 1. The zero-order chi connectivity index (χ0) is 21.0. The summed E-state index contributed by atoms with van der Waals surface area (Å²) in [6.45, 7) is 0.743. The highest BCUT2D eigenvalue weighted by molar-refractivity contribution is 5.95. The van der Waals surface area contributed by atoms with Crippen LogP contribution < -0.4 is 5.32 Å². The molecule has 0 aliphatic rings. The Morgan fingerprint density at radius 1 is 1.00 bits per heavy atom. The van der Waals surface area contributed by atoms with Crippen LogP contribution in [-0.4, -0.2) is 24.3 Å². The number of amides is 1. The van der Waals surface area contributed by atoms with Crippen molar-refractivity contribution < 1.29 is 32.3 Å². The second-order valence-corrected chi connectivity index (χ2v) is 6.05. The summed E-state index contributed by atoms with van der Waals surface area (Å²) in [5.74, 6) is -3.12. The first-order valence-corrected chi connectivity index (χ1v) is 8.47. The van der Waals surface area contributed by atoms with Crippen LogP contribution in [0.25, 0.3) is 11.3 Å². The molecule has 0 fully saturated rings. The standard InChI is InChI=1S/C21H15F2NO5/c1-12(25)13-2-4-14(5-3-13)18-8-9-19(29-18)21(27)28-11-20(26)24-17-10-15(22)6-7-16(17)23/h2-10H,11H2,1H3,(H,24,26). The van der Waals surface area contributed by atoms with E-state index in [0.717, 1.165) is 18.2 Å². The summed E-state index contributed by atoms with van der Waals surface area (Å²) in [7, 11) is 0. The van der Waals surface area contributed by atoms with Crippen molar-refractivity contribution in [2.75, 3.05) is 11.9 Å². The van der Waals surface area contributed by atoms with Crippen molar-refractivity contribution in [1.82, 2.24) is 0 Å². The van der Waals surface area contributed by atoms with E-state index in [9.17, 15) is 23.2 Å². The number of hydrogen-bond donors (Lipinski definition) is 1. The third-order valence-corrected chi connectivity index (χ3v) is 3.92. The van der Waals surface area contributed by atoms with Gasteiger partial charge in [-0.15, -0.1) is 0 Å². The van der Waals surface area contributed by atoms with Crippen molar-refractivity contribution in [2.24, 2.45) is 0 Å². The Labute approximate surface area is 164 Å². The summed E-state index contributed by atoms with van der Waals surface area (Å²) in [5.41, 5.74) is 0.828. The van der Waals surface area contributed by atoms with Gasteiger partial charge in [0.05, 0.1) is 5.69 Å². The van der Waals surface area contributed by atoms with Crippen molar-refractivity contribution in [2.45, 2.75) is 6.92 Å². The van der Waals surface area contributed by atoms with Gasteiger partial charge in [0, 0.05) is 17.2 Å². The third kappa shape index (κ3) is 4.92. The van der Waals surface area contributed by atoms with Crippen LogP contribution in [0.1, 0.15) is 27.8 Å². The zero-order valence-electron chi connectivity index (χ0n) is 15.2. The number of nitrogens with one attached hydrogen (secondary N) is 1. The summed E-state index contributed by atoms with van der Waals surface area (Å²) in [6, 6.07) is 12.1. The van der Waals surface area contributed by atoms with Gasteiger partial charge >= 0.3 is 5.97 Å². The second-order valence-electron chi connectivity index (χ2n) is 6.05. The number of esters is 1. The Morgan fingerprint density at radius 3 is 2.41 bits per heavy atom. The number of hydrogen-bond acceptors (Lipinski definition) is 5. The number of furan rings is 1. The summed E-state index contributed by atoms with van der Waals surface area (Å²) >= 11 is 0. The van der Waals surface area contributed by atoms with E-state index in [4.69, 9.17) is 9.15 Å². The number of carbonyl (C=O) groups is 3. The number of halogens is 2. The molecule has 148 valence electrons. The molecular weight excluding hydrogens is 384 g/mol. The molecule has 0 unspecified atom stereocenters. The Hall–Kier alpha value is -3.81. The van der Waals surface area contributed by atoms with Crippen molar-refractivity contribution in [1.29, 1.82) is 0 Å². The van der Waals surface area contributed by atoms with E-state index in [1.54, 1.807) is 30.3 Å². The molecule has 0 bridgehead atoms. The maximum absolute atomic E-state index is 13.5. The van der Waals surface area contributed by atoms with Crippen LogP contribution in [0.4, 0.5) is 14.5 Å². The van der Waals surface area contributed by atoms with Crippen LogP contribution in [0, 0.1) is 11.6 Å². The fourth-order valence-electron chi connectivity index (χ4n) is 2.45. The summed E-state index contributed by atoms with van der Waals surface area (Å²) < 4.78 is 36.9. The Kier molecular flexibility index (Phi) is 5.82. The lowest BCUT2D eigenvalue weighted by Crippen LogP contribution is -2.21. The van der Waals surface area contributed by atoms with Crippen LogP contribution in [-0.2, 0) is 9.53 Å². The van der Waals surface area contributed by atoms with Crippen molar-refractivity contribution in [3.05, 3.63) is 77.6 Å². The Balaban J connectivity index is 1.59. The SMILES string of the molecule is CC(=O)c1ccc(-c2ccc(C(=O)OCC(=O)Nc3cc(F)ccc3F)o2)cc1. The first kappa shape index (κ1) is 19.9.